The van der Waals surface area contributed by atoms with Crippen molar-refractivity contribution in [2.75, 3.05) is 18.6 Å². The van der Waals surface area contributed by atoms with Crippen LogP contribution in [0, 0.1) is 0 Å². The Balaban J connectivity index is 1.69. The zero-order valence-corrected chi connectivity index (χ0v) is 13.7. The van der Waals surface area contributed by atoms with E-state index in [0.717, 1.165) is 5.56 Å². The molecule has 1 amide bonds. The molecule has 7 heteroatoms. The quantitative estimate of drug-likeness (QED) is 0.842. The molecule has 2 heterocycles. The van der Waals surface area contributed by atoms with Crippen molar-refractivity contribution >= 4 is 15.7 Å². The van der Waals surface area contributed by atoms with Crippen LogP contribution in [0.25, 0.3) is 0 Å². The van der Waals surface area contributed by atoms with Gasteiger partial charge in [0, 0.05) is 19.3 Å². The van der Waals surface area contributed by atoms with Gasteiger partial charge < -0.3 is 4.90 Å². The van der Waals surface area contributed by atoms with Crippen LogP contribution in [0.3, 0.4) is 0 Å². The molecule has 122 valence electrons. The monoisotopic (exact) mass is 333 g/mol. The number of rotatable bonds is 4. The molecule has 1 aliphatic heterocycles. The topological polar surface area (TPSA) is 72.3 Å². The van der Waals surface area contributed by atoms with E-state index in [1.165, 1.54) is 11.1 Å². The van der Waals surface area contributed by atoms with Gasteiger partial charge in [-0.25, -0.2) is 8.42 Å². The average molecular weight is 333 g/mol. The van der Waals surface area contributed by atoms with E-state index < -0.39 is 9.84 Å². The van der Waals surface area contributed by atoms with Crippen LogP contribution >= 0.6 is 0 Å². The lowest BCUT2D eigenvalue weighted by Gasteiger charge is -2.22. The predicted octanol–water partition coefficient (Wildman–Crippen LogP) is 1.19. The molecule has 6 nitrogen and oxygen atoms in total. The van der Waals surface area contributed by atoms with Gasteiger partial charge in [-0.1, -0.05) is 30.3 Å². The zero-order valence-electron chi connectivity index (χ0n) is 12.9. The minimum atomic E-state index is -3.01. The SMILES string of the molecule is CN(C(=O)c1cnn(Cc2ccccc2)c1)[C@@H]1CCS(=O)(=O)C1. The third-order valence-electron chi connectivity index (χ3n) is 4.14. The lowest BCUT2D eigenvalue weighted by atomic mass is 10.2. The number of hydrogen-bond donors (Lipinski definition) is 0. The van der Waals surface area contributed by atoms with Gasteiger partial charge in [0.25, 0.3) is 5.91 Å². The zero-order chi connectivity index (χ0) is 16.4. The highest BCUT2D eigenvalue weighted by atomic mass is 32.2. The van der Waals surface area contributed by atoms with Crippen LogP contribution < -0.4 is 0 Å². The Kier molecular flexibility index (Phi) is 4.21. The van der Waals surface area contributed by atoms with Crippen molar-refractivity contribution in [3.8, 4) is 0 Å². The van der Waals surface area contributed by atoms with E-state index in [-0.39, 0.29) is 23.5 Å². The fourth-order valence-corrected chi connectivity index (χ4v) is 4.56. The van der Waals surface area contributed by atoms with E-state index in [9.17, 15) is 13.2 Å². The fourth-order valence-electron chi connectivity index (χ4n) is 2.78. The molecule has 1 aromatic heterocycles. The van der Waals surface area contributed by atoms with Crippen molar-refractivity contribution in [2.24, 2.45) is 0 Å². The number of sulfone groups is 1. The third kappa shape index (κ3) is 3.61. The second kappa shape index (κ2) is 6.16. The fraction of sp³-hybridized carbons (Fsp3) is 0.375. The Bertz CT molecular complexity index is 799. The Morgan fingerprint density at radius 2 is 2.09 bits per heavy atom. The van der Waals surface area contributed by atoms with Crippen molar-refractivity contribution in [2.45, 2.75) is 19.0 Å². The summed E-state index contributed by atoms with van der Waals surface area (Å²) in [4.78, 5) is 14.0. The van der Waals surface area contributed by atoms with Crippen LogP contribution in [0.5, 0.6) is 0 Å². The van der Waals surface area contributed by atoms with E-state index in [1.807, 2.05) is 30.3 Å². The molecular weight excluding hydrogens is 314 g/mol. The number of benzene rings is 1. The smallest absolute Gasteiger partial charge is 0.257 e. The molecule has 0 N–H and O–H groups in total. The van der Waals surface area contributed by atoms with Gasteiger partial charge in [0.05, 0.1) is 29.8 Å². The van der Waals surface area contributed by atoms with Crippen LogP contribution in [-0.4, -0.2) is 53.6 Å². The molecule has 0 saturated carbocycles. The van der Waals surface area contributed by atoms with Crippen LogP contribution in [0.4, 0.5) is 0 Å². The molecule has 1 aromatic carbocycles. The van der Waals surface area contributed by atoms with Crippen LogP contribution in [-0.2, 0) is 16.4 Å². The molecule has 0 spiro atoms. The second-order valence-electron chi connectivity index (χ2n) is 5.89. The molecule has 1 aliphatic rings. The normalized spacial score (nSPS) is 19.6. The van der Waals surface area contributed by atoms with Crippen LogP contribution in [0.2, 0.25) is 0 Å². The van der Waals surface area contributed by atoms with E-state index >= 15 is 0 Å². The van der Waals surface area contributed by atoms with E-state index in [1.54, 1.807) is 17.9 Å². The first-order valence-electron chi connectivity index (χ1n) is 7.48. The lowest BCUT2D eigenvalue weighted by Crippen LogP contribution is -2.37. The Hall–Kier alpha value is -2.15. The van der Waals surface area contributed by atoms with Crippen molar-refractivity contribution in [1.29, 1.82) is 0 Å². The number of aromatic nitrogens is 2. The van der Waals surface area contributed by atoms with Crippen molar-refractivity contribution < 1.29 is 13.2 Å². The van der Waals surface area contributed by atoms with Gasteiger partial charge in [0.2, 0.25) is 0 Å². The number of nitrogens with zero attached hydrogens (tertiary/aromatic N) is 3. The van der Waals surface area contributed by atoms with Crippen molar-refractivity contribution in [3.05, 3.63) is 53.9 Å². The summed E-state index contributed by atoms with van der Waals surface area (Å²) in [6, 6.07) is 9.62. The molecular formula is C16H19N3O3S. The summed E-state index contributed by atoms with van der Waals surface area (Å²) in [6.45, 7) is 0.593. The van der Waals surface area contributed by atoms with Gasteiger partial charge in [0.15, 0.2) is 9.84 Å². The third-order valence-corrected chi connectivity index (χ3v) is 5.89. The van der Waals surface area contributed by atoms with Crippen LogP contribution in [0.1, 0.15) is 22.3 Å². The number of carbonyl (C=O) groups is 1. The van der Waals surface area contributed by atoms with Crippen molar-refractivity contribution in [3.63, 3.8) is 0 Å². The first kappa shape index (κ1) is 15.7. The molecule has 1 saturated heterocycles. The van der Waals surface area contributed by atoms with E-state index in [0.29, 0.717) is 18.5 Å². The summed E-state index contributed by atoms with van der Waals surface area (Å²) in [5.41, 5.74) is 1.58. The standard InChI is InChI=1S/C16H19N3O3S/c1-18(15-7-8-23(21,22)12-15)16(20)14-9-17-19(11-14)10-13-5-3-2-4-6-13/h2-6,9,11,15H,7-8,10,12H2,1H3/t15-/m1/s1. The van der Waals surface area contributed by atoms with Gasteiger partial charge in [-0.2, -0.15) is 5.10 Å². The molecule has 0 radical (unpaired) electrons. The molecule has 23 heavy (non-hydrogen) atoms. The Morgan fingerprint density at radius 3 is 2.74 bits per heavy atom. The summed E-state index contributed by atoms with van der Waals surface area (Å²) in [6.07, 6.45) is 3.74. The van der Waals surface area contributed by atoms with Crippen molar-refractivity contribution in [1.82, 2.24) is 14.7 Å². The summed E-state index contributed by atoms with van der Waals surface area (Å²) >= 11 is 0. The molecule has 2 aromatic rings. The summed E-state index contributed by atoms with van der Waals surface area (Å²) in [5.74, 6) is 0.0158. The minimum absolute atomic E-state index is 0.0490. The summed E-state index contributed by atoms with van der Waals surface area (Å²) < 4.78 is 24.8. The molecule has 0 aliphatic carbocycles. The lowest BCUT2D eigenvalue weighted by molar-refractivity contribution is 0.0747. The number of amides is 1. The highest BCUT2D eigenvalue weighted by Gasteiger charge is 2.33. The number of carbonyl (C=O) groups excluding carboxylic acids is 1. The summed E-state index contributed by atoms with van der Waals surface area (Å²) in [5, 5.41) is 4.22. The largest absolute Gasteiger partial charge is 0.338 e. The maximum absolute atomic E-state index is 12.5. The van der Waals surface area contributed by atoms with Crippen LogP contribution in [0.15, 0.2) is 42.7 Å². The van der Waals surface area contributed by atoms with Gasteiger partial charge in [-0.3, -0.25) is 9.48 Å². The first-order valence-corrected chi connectivity index (χ1v) is 9.31. The Morgan fingerprint density at radius 1 is 1.35 bits per heavy atom. The maximum atomic E-state index is 12.5. The average Bonchev–Trinajstić information content (AvgIpc) is 3.13. The number of hydrogen-bond acceptors (Lipinski definition) is 4. The molecule has 0 unspecified atom stereocenters. The first-order chi connectivity index (χ1) is 10.9. The van der Waals surface area contributed by atoms with Gasteiger partial charge >= 0.3 is 0 Å². The van der Waals surface area contributed by atoms with Gasteiger partial charge in [-0.15, -0.1) is 0 Å². The Labute approximate surface area is 135 Å². The highest BCUT2D eigenvalue weighted by molar-refractivity contribution is 7.91. The minimum Gasteiger partial charge on any atom is -0.338 e. The van der Waals surface area contributed by atoms with E-state index in [4.69, 9.17) is 0 Å². The molecule has 3 rings (SSSR count). The molecule has 1 fully saturated rings. The van der Waals surface area contributed by atoms with Gasteiger partial charge in [-0.05, 0) is 12.0 Å². The molecule has 1 atom stereocenters. The maximum Gasteiger partial charge on any atom is 0.257 e. The second-order valence-corrected chi connectivity index (χ2v) is 8.11. The predicted molar refractivity (Wildman–Crippen MR) is 86.9 cm³/mol. The highest BCUT2D eigenvalue weighted by Crippen LogP contribution is 2.18. The molecule has 0 bridgehead atoms. The van der Waals surface area contributed by atoms with E-state index in [2.05, 4.69) is 5.10 Å². The van der Waals surface area contributed by atoms with Gasteiger partial charge in [0.1, 0.15) is 0 Å². The summed E-state index contributed by atoms with van der Waals surface area (Å²) in [7, 11) is -1.35.